The van der Waals surface area contributed by atoms with Crippen molar-refractivity contribution >= 4 is 40.7 Å². The van der Waals surface area contributed by atoms with Gasteiger partial charge in [0.1, 0.15) is 35.6 Å². The zero-order valence-corrected chi connectivity index (χ0v) is 22.2. The summed E-state index contributed by atoms with van der Waals surface area (Å²) in [6, 6.07) is 16.2. The van der Waals surface area contributed by atoms with Crippen LogP contribution in [0.3, 0.4) is 0 Å². The second-order valence-electron chi connectivity index (χ2n) is 9.94. The molecule has 2 atom stereocenters. The highest BCUT2D eigenvalue weighted by Crippen LogP contribution is 2.54. The minimum atomic E-state index is -0.436. The molecule has 3 aliphatic rings. The molecule has 3 amide bonds. The summed E-state index contributed by atoms with van der Waals surface area (Å²) in [6.07, 6.45) is -0.145. The van der Waals surface area contributed by atoms with Gasteiger partial charge in [0, 0.05) is 11.1 Å². The second kappa shape index (κ2) is 9.06. The fourth-order valence-corrected chi connectivity index (χ4v) is 5.59. The number of nitrogens with one attached hydrogen (secondary N) is 1. The first-order valence-electron chi connectivity index (χ1n) is 12.5. The number of methoxy groups -OCH3 is 1. The van der Waals surface area contributed by atoms with E-state index in [4.69, 9.17) is 26.1 Å². The summed E-state index contributed by atoms with van der Waals surface area (Å²) in [5, 5.41) is 3.52. The maximum Gasteiger partial charge on any atom is 0.331 e. The number of benzene rings is 3. The van der Waals surface area contributed by atoms with Crippen LogP contribution in [0.25, 0.3) is 0 Å². The predicted molar refractivity (Wildman–Crippen MR) is 147 cm³/mol. The van der Waals surface area contributed by atoms with Crippen LogP contribution in [0.1, 0.15) is 48.2 Å². The average molecular weight is 531 g/mol. The number of amidine groups is 1. The minimum absolute atomic E-state index is 0.122. The van der Waals surface area contributed by atoms with Gasteiger partial charge in [-0.1, -0.05) is 53.6 Å². The van der Waals surface area contributed by atoms with Gasteiger partial charge in [-0.3, -0.25) is 19.6 Å². The molecule has 3 aliphatic heterocycles. The lowest BCUT2D eigenvalue weighted by Crippen LogP contribution is -2.55. The van der Waals surface area contributed by atoms with Crippen molar-refractivity contribution < 1.29 is 19.1 Å². The van der Waals surface area contributed by atoms with E-state index in [1.807, 2.05) is 63.2 Å². The highest BCUT2D eigenvalue weighted by Gasteiger charge is 2.51. The van der Waals surface area contributed by atoms with Gasteiger partial charge >= 0.3 is 6.03 Å². The molecular weight excluding hydrogens is 504 g/mol. The maximum absolute atomic E-state index is 14.3. The van der Waals surface area contributed by atoms with Crippen molar-refractivity contribution in [2.24, 2.45) is 4.99 Å². The van der Waals surface area contributed by atoms with E-state index in [1.54, 1.807) is 11.0 Å². The normalized spacial score (nSPS) is 19.7. The Labute approximate surface area is 225 Å². The molecule has 8 nitrogen and oxygen atoms in total. The van der Waals surface area contributed by atoms with E-state index in [0.717, 1.165) is 16.7 Å². The maximum atomic E-state index is 14.3. The highest BCUT2D eigenvalue weighted by molar-refractivity contribution is 6.30. The van der Waals surface area contributed by atoms with Crippen molar-refractivity contribution in [2.45, 2.75) is 39.0 Å². The van der Waals surface area contributed by atoms with Crippen LogP contribution in [0, 0.1) is 6.92 Å². The van der Waals surface area contributed by atoms with Crippen molar-refractivity contribution in [3.05, 3.63) is 81.9 Å². The monoisotopic (exact) mass is 530 g/mol. The Morgan fingerprint density at radius 2 is 1.82 bits per heavy atom. The molecule has 0 spiro atoms. The molecule has 3 heterocycles. The Kier molecular flexibility index (Phi) is 5.79. The van der Waals surface area contributed by atoms with Gasteiger partial charge in [-0.25, -0.2) is 4.79 Å². The molecule has 0 saturated heterocycles. The quantitative estimate of drug-likeness (QED) is 0.446. The van der Waals surface area contributed by atoms with Crippen molar-refractivity contribution in [3.63, 3.8) is 0 Å². The molecule has 0 bridgehead atoms. The van der Waals surface area contributed by atoms with Crippen molar-refractivity contribution in [1.29, 1.82) is 0 Å². The molecule has 0 saturated carbocycles. The molecule has 1 unspecified atom stereocenters. The zero-order chi connectivity index (χ0) is 26.7. The van der Waals surface area contributed by atoms with E-state index in [0.29, 0.717) is 39.3 Å². The first kappa shape index (κ1) is 24.3. The van der Waals surface area contributed by atoms with Gasteiger partial charge in [0.15, 0.2) is 0 Å². The van der Waals surface area contributed by atoms with Crippen molar-refractivity contribution in [1.82, 2.24) is 4.90 Å². The fraction of sp³-hybridized carbons (Fsp3) is 0.276. The molecular formula is C29H27ClN4O4. The number of rotatable bonds is 5. The third-order valence-corrected chi connectivity index (χ3v) is 7.22. The molecule has 9 heteroatoms. The summed E-state index contributed by atoms with van der Waals surface area (Å²) in [4.78, 5) is 35.4. The number of hydrogen-bond acceptors (Lipinski definition) is 5. The smallest absolute Gasteiger partial charge is 0.331 e. The SMILES string of the molecule is COc1cc(OC(C)C)c2c3c1NC(=O)CN3C(=O)N1C2=N[C@@H](c2ccc(Cl)cc2)C1c1cccc(C)c1. The van der Waals surface area contributed by atoms with Gasteiger partial charge in [-0.2, -0.15) is 0 Å². The predicted octanol–water partition coefficient (Wildman–Crippen LogP) is 5.88. The van der Waals surface area contributed by atoms with Gasteiger partial charge in [-0.05, 0) is 44.0 Å². The molecule has 6 rings (SSSR count). The lowest BCUT2D eigenvalue weighted by molar-refractivity contribution is -0.115. The Balaban J connectivity index is 1.63. The largest absolute Gasteiger partial charge is 0.494 e. The molecule has 3 aromatic rings. The van der Waals surface area contributed by atoms with E-state index in [2.05, 4.69) is 11.4 Å². The van der Waals surface area contributed by atoms with Gasteiger partial charge in [0.2, 0.25) is 5.91 Å². The fourth-order valence-electron chi connectivity index (χ4n) is 5.47. The summed E-state index contributed by atoms with van der Waals surface area (Å²) in [5.41, 5.74) is 4.58. The number of aliphatic imine (C=N–C) groups is 1. The average Bonchev–Trinajstić information content (AvgIpc) is 3.28. The first-order valence-corrected chi connectivity index (χ1v) is 12.9. The van der Waals surface area contributed by atoms with Crippen LogP contribution in [-0.2, 0) is 4.79 Å². The van der Waals surface area contributed by atoms with Crippen LogP contribution in [0.5, 0.6) is 11.5 Å². The van der Waals surface area contributed by atoms with E-state index in [9.17, 15) is 9.59 Å². The van der Waals surface area contributed by atoms with Crippen LogP contribution in [0.2, 0.25) is 5.02 Å². The topological polar surface area (TPSA) is 83.5 Å². The van der Waals surface area contributed by atoms with Gasteiger partial charge in [0.25, 0.3) is 0 Å². The van der Waals surface area contributed by atoms with Crippen LogP contribution in [-0.4, -0.2) is 42.4 Å². The lowest BCUT2D eigenvalue weighted by Gasteiger charge is -2.42. The Bertz CT molecular complexity index is 1500. The minimum Gasteiger partial charge on any atom is -0.494 e. The van der Waals surface area contributed by atoms with E-state index in [-0.39, 0.29) is 24.6 Å². The molecule has 1 N–H and O–H groups in total. The number of halogens is 1. The molecule has 0 radical (unpaired) electrons. The van der Waals surface area contributed by atoms with Gasteiger partial charge in [-0.15, -0.1) is 0 Å². The van der Waals surface area contributed by atoms with Crippen LogP contribution < -0.4 is 19.7 Å². The third-order valence-electron chi connectivity index (χ3n) is 6.97. The van der Waals surface area contributed by atoms with E-state index in [1.165, 1.54) is 12.0 Å². The van der Waals surface area contributed by atoms with Crippen LogP contribution >= 0.6 is 11.6 Å². The molecule has 38 heavy (non-hydrogen) atoms. The molecule has 194 valence electrons. The van der Waals surface area contributed by atoms with Crippen LogP contribution in [0.4, 0.5) is 16.2 Å². The number of amides is 3. The summed E-state index contributed by atoms with van der Waals surface area (Å²) in [6.45, 7) is 5.77. The number of anilines is 2. The first-order chi connectivity index (χ1) is 18.3. The number of ether oxygens (including phenoxy) is 2. The Morgan fingerprint density at radius 3 is 2.50 bits per heavy atom. The number of nitrogens with zero attached hydrogens (tertiary/aromatic N) is 3. The Hall–Kier alpha value is -4.04. The Morgan fingerprint density at radius 1 is 1.05 bits per heavy atom. The summed E-state index contributed by atoms with van der Waals surface area (Å²) >= 11 is 6.20. The molecule has 0 fully saturated rings. The van der Waals surface area contributed by atoms with Gasteiger partial charge < -0.3 is 14.8 Å². The molecule has 0 aromatic heterocycles. The molecule has 0 aliphatic carbocycles. The molecule has 3 aromatic carbocycles. The summed E-state index contributed by atoms with van der Waals surface area (Å²) in [7, 11) is 1.52. The summed E-state index contributed by atoms with van der Waals surface area (Å²) in [5.74, 6) is 1.16. The van der Waals surface area contributed by atoms with E-state index < -0.39 is 12.1 Å². The van der Waals surface area contributed by atoms with Gasteiger partial charge in [0.05, 0.1) is 30.5 Å². The van der Waals surface area contributed by atoms with Crippen molar-refractivity contribution in [3.8, 4) is 11.5 Å². The van der Waals surface area contributed by atoms with E-state index >= 15 is 0 Å². The second-order valence-corrected chi connectivity index (χ2v) is 10.4. The van der Waals surface area contributed by atoms with Crippen molar-refractivity contribution in [2.75, 3.05) is 23.9 Å². The van der Waals surface area contributed by atoms with Crippen LogP contribution in [0.15, 0.2) is 59.6 Å². The number of carbonyl (C=O) groups excluding carboxylic acids is 2. The number of hydrogen-bond donors (Lipinski definition) is 1. The number of carbonyl (C=O) groups is 2. The number of urea groups is 1. The zero-order valence-electron chi connectivity index (χ0n) is 21.5. The lowest BCUT2D eigenvalue weighted by atomic mass is 9.92. The third kappa shape index (κ3) is 3.79. The summed E-state index contributed by atoms with van der Waals surface area (Å²) < 4.78 is 11.9. The number of aryl methyl sites for hydroxylation is 1. The highest BCUT2D eigenvalue weighted by atomic mass is 35.5. The number of fused-ring (bicyclic) bond motifs is 2. The standard InChI is InChI=1S/C29H27ClN4O4/c1-15(2)38-20-13-21(37-4)25-27-23(20)28-32-24(17-8-10-19(30)11-9-17)26(18-7-5-6-16(3)12-18)34(28)29(36)33(27)14-22(35)31-25/h5-13,15,24,26H,14H2,1-4H3,(H,31,35)/t24-,26?/m0/s1.